The zero-order chi connectivity index (χ0) is 22.9. The van der Waals surface area contributed by atoms with Crippen molar-refractivity contribution in [3.63, 3.8) is 0 Å². The molecule has 1 atom stereocenters. The summed E-state index contributed by atoms with van der Waals surface area (Å²) >= 11 is 0. The van der Waals surface area contributed by atoms with Crippen molar-refractivity contribution in [3.05, 3.63) is 89.7 Å². The molecule has 166 valence electrons. The van der Waals surface area contributed by atoms with Crippen LogP contribution in [0.15, 0.2) is 73.1 Å². The summed E-state index contributed by atoms with van der Waals surface area (Å²) in [6, 6.07) is 17.9. The molecule has 0 radical (unpaired) electrons. The quantitative estimate of drug-likeness (QED) is 0.524. The molecular weight excluding hydrogens is 402 g/mol. The molecule has 0 bridgehead atoms. The predicted octanol–water partition coefficient (Wildman–Crippen LogP) is 4.46. The highest BCUT2D eigenvalue weighted by Gasteiger charge is 2.24. The average molecular weight is 432 g/mol. The van der Waals surface area contributed by atoms with Gasteiger partial charge >= 0.3 is 0 Å². The number of hydrogen-bond acceptors (Lipinski definition) is 4. The van der Waals surface area contributed by atoms with Gasteiger partial charge in [-0.1, -0.05) is 26.0 Å². The van der Waals surface area contributed by atoms with Crippen LogP contribution in [0, 0.1) is 5.92 Å². The lowest BCUT2D eigenvalue weighted by Crippen LogP contribution is -2.47. The summed E-state index contributed by atoms with van der Waals surface area (Å²) in [6.07, 6.45) is 4.35. The van der Waals surface area contributed by atoms with Gasteiger partial charge in [-0.2, -0.15) is 0 Å². The summed E-state index contributed by atoms with van der Waals surface area (Å²) in [5.74, 6) is 0.0814. The molecule has 0 saturated carbocycles. The molecule has 1 heterocycles. The molecule has 0 fully saturated rings. The molecule has 0 aliphatic rings. The number of nitrogens with one attached hydrogen (secondary N) is 2. The molecule has 1 aromatic heterocycles. The van der Waals surface area contributed by atoms with E-state index < -0.39 is 6.04 Å². The third-order valence-corrected chi connectivity index (χ3v) is 5.04. The van der Waals surface area contributed by atoms with Gasteiger partial charge in [-0.15, -0.1) is 0 Å². The Morgan fingerprint density at radius 2 is 1.53 bits per heavy atom. The molecule has 2 aromatic carbocycles. The Morgan fingerprint density at radius 3 is 2.12 bits per heavy atom. The molecule has 2 N–H and O–H groups in total. The maximum Gasteiger partial charge on any atom is 0.251 e. The fourth-order valence-corrected chi connectivity index (χ4v) is 3.29. The van der Waals surface area contributed by atoms with Gasteiger partial charge in [-0.05, 0) is 78.9 Å². The number of pyridine rings is 1. The van der Waals surface area contributed by atoms with Gasteiger partial charge in [0.05, 0.1) is 6.61 Å². The summed E-state index contributed by atoms with van der Waals surface area (Å²) in [5.41, 5.74) is 3.48. The van der Waals surface area contributed by atoms with E-state index in [1.54, 1.807) is 36.7 Å². The van der Waals surface area contributed by atoms with Crippen LogP contribution in [0.3, 0.4) is 0 Å². The molecule has 6 heteroatoms. The summed E-state index contributed by atoms with van der Waals surface area (Å²) < 4.78 is 5.41. The summed E-state index contributed by atoms with van der Waals surface area (Å²) in [5, 5.41) is 5.76. The Kier molecular flexibility index (Phi) is 7.97. The molecule has 2 amide bonds. The fraction of sp³-hybridized carbons (Fsp3) is 0.269. The van der Waals surface area contributed by atoms with Crippen LogP contribution in [-0.2, 0) is 11.2 Å². The van der Waals surface area contributed by atoms with Crippen LogP contribution in [0.25, 0.3) is 0 Å². The molecule has 0 saturated heterocycles. The third kappa shape index (κ3) is 6.41. The molecule has 6 nitrogen and oxygen atoms in total. The number of ether oxygens (including phenoxy) is 1. The number of rotatable bonds is 9. The number of benzene rings is 2. The van der Waals surface area contributed by atoms with Gasteiger partial charge in [-0.3, -0.25) is 14.6 Å². The Labute approximate surface area is 189 Å². The lowest BCUT2D eigenvalue weighted by Gasteiger charge is -2.22. The van der Waals surface area contributed by atoms with Crippen LogP contribution in [-0.4, -0.2) is 29.4 Å². The fourth-order valence-electron chi connectivity index (χ4n) is 3.29. The van der Waals surface area contributed by atoms with E-state index >= 15 is 0 Å². The summed E-state index contributed by atoms with van der Waals surface area (Å²) in [7, 11) is 0. The van der Waals surface area contributed by atoms with Crippen molar-refractivity contribution in [1.82, 2.24) is 10.3 Å². The number of carbonyl (C=O) groups excluding carboxylic acids is 2. The number of aromatic nitrogens is 1. The minimum Gasteiger partial charge on any atom is -0.494 e. The van der Waals surface area contributed by atoms with E-state index in [1.807, 2.05) is 57.2 Å². The predicted molar refractivity (Wildman–Crippen MR) is 126 cm³/mol. The minimum absolute atomic E-state index is 0.0763. The number of nitrogens with zero attached hydrogens (tertiary/aromatic N) is 1. The highest BCUT2D eigenvalue weighted by molar-refractivity contribution is 6.01. The van der Waals surface area contributed by atoms with Gasteiger partial charge in [0, 0.05) is 23.6 Å². The van der Waals surface area contributed by atoms with E-state index in [0.29, 0.717) is 23.6 Å². The van der Waals surface area contributed by atoms with Crippen LogP contribution in [0.1, 0.15) is 42.3 Å². The Balaban J connectivity index is 1.61. The molecular formula is C26H29N3O3. The summed E-state index contributed by atoms with van der Waals surface area (Å²) in [4.78, 5) is 29.6. The van der Waals surface area contributed by atoms with Gasteiger partial charge in [0.15, 0.2) is 0 Å². The zero-order valence-corrected chi connectivity index (χ0v) is 18.7. The van der Waals surface area contributed by atoms with Crippen LogP contribution < -0.4 is 15.4 Å². The zero-order valence-electron chi connectivity index (χ0n) is 18.7. The highest BCUT2D eigenvalue weighted by atomic mass is 16.5. The second-order valence-corrected chi connectivity index (χ2v) is 7.87. The summed E-state index contributed by atoms with van der Waals surface area (Å²) in [6.45, 7) is 6.27. The van der Waals surface area contributed by atoms with E-state index in [0.717, 1.165) is 12.0 Å². The second kappa shape index (κ2) is 11.1. The van der Waals surface area contributed by atoms with E-state index in [9.17, 15) is 9.59 Å². The van der Waals surface area contributed by atoms with Crippen molar-refractivity contribution in [2.75, 3.05) is 11.9 Å². The Hall–Kier alpha value is -3.67. The maximum absolute atomic E-state index is 12.9. The van der Waals surface area contributed by atoms with Gasteiger partial charge in [0.25, 0.3) is 5.91 Å². The average Bonchev–Trinajstić information content (AvgIpc) is 2.79. The van der Waals surface area contributed by atoms with Crippen molar-refractivity contribution in [3.8, 4) is 5.75 Å². The van der Waals surface area contributed by atoms with E-state index in [-0.39, 0.29) is 17.7 Å². The van der Waals surface area contributed by atoms with Crippen molar-refractivity contribution in [2.45, 2.75) is 33.2 Å². The number of anilines is 1. The van der Waals surface area contributed by atoms with Gasteiger partial charge in [0.2, 0.25) is 5.91 Å². The smallest absolute Gasteiger partial charge is 0.251 e. The first-order valence-electron chi connectivity index (χ1n) is 10.8. The van der Waals surface area contributed by atoms with Gasteiger partial charge in [0.1, 0.15) is 11.8 Å². The van der Waals surface area contributed by atoms with Gasteiger partial charge in [-0.25, -0.2) is 0 Å². The van der Waals surface area contributed by atoms with E-state index in [4.69, 9.17) is 4.74 Å². The first-order chi connectivity index (χ1) is 15.5. The lowest BCUT2D eigenvalue weighted by molar-refractivity contribution is -0.118. The normalized spacial score (nSPS) is 11.6. The van der Waals surface area contributed by atoms with E-state index in [1.165, 1.54) is 5.56 Å². The van der Waals surface area contributed by atoms with Crippen molar-refractivity contribution in [1.29, 1.82) is 0 Å². The minimum atomic E-state index is -0.662. The SMILES string of the molecule is CCOc1ccc(C(=O)NC(C(=O)Nc2ccc(Cc3ccncc3)cc2)C(C)C)cc1. The topological polar surface area (TPSA) is 80.3 Å². The third-order valence-electron chi connectivity index (χ3n) is 5.04. The molecule has 0 aliphatic carbocycles. The van der Waals surface area contributed by atoms with E-state index in [2.05, 4.69) is 15.6 Å². The van der Waals surface area contributed by atoms with Crippen LogP contribution in [0.2, 0.25) is 0 Å². The second-order valence-electron chi connectivity index (χ2n) is 7.87. The number of amides is 2. The molecule has 1 unspecified atom stereocenters. The van der Waals surface area contributed by atoms with Crippen molar-refractivity contribution >= 4 is 17.5 Å². The molecule has 32 heavy (non-hydrogen) atoms. The Bertz CT molecular complexity index is 1020. The van der Waals surface area contributed by atoms with Crippen LogP contribution >= 0.6 is 0 Å². The van der Waals surface area contributed by atoms with Crippen LogP contribution in [0.5, 0.6) is 5.75 Å². The van der Waals surface area contributed by atoms with Crippen LogP contribution in [0.4, 0.5) is 5.69 Å². The highest BCUT2D eigenvalue weighted by Crippen LogP contribution is 2.16. The maximum atomic E-state index is 12.9. The number of hydrogen-bond donors (Lipinski definition) is 2. The number of carbonyl (C=O) groups is 2. The monoisotopic (exact) mass is 431 g/mol. The molecule has 3 aromatic rings. The standard InChI is InChI=1S/C26H29N3O3/c1-4-32-23-11-7-21(8-12-23)25(30)29-24(18(2)3)26(31)28-22-9-5-19(6-10-22)17-20-13-15-27-16-14-20/h5-16,18,24H,4,17H2,1-3H3,(H,28,31)(H,29,30). The van der Waals surface area contributed by atoms with Gasteiger partial charge < -0.3 is 15.4 Å². The lowest BCUT2D eigenvalue weighted by atomic mass is 10.0. The van der Waals surface area contributed by atoms with Crippen molar-refractivity contribution in [2.24, 2.45) is 5.92 Å². The molecule has 0 spiro atoms. The largest absolute Gasteiger partial charge is 0.494 e. The molecule has 0 aliphatic heterocycles. The molecule has 3 rings (SSSR count). The van der Waals surface area contributed by atoms with Crippen molar-refractivity contribution < 1.29 is 14.3 Å². The first kappa shape index (κ1) is 23.0. The first-order valence-corrected chi connectivity index (χ1v) is 10.8. The Morgan fingerprint density at radius 1 is 0.906 bits per heavy atom.